The molecular weight excluding hydrogens is 536 g/mol. The van der Waals surface area contributed by atoms with Crippen molar-refractivity contribution >= 4 is 38.1 Å². The highest BCUT2D eigenvalue weighted by Crippen LogP contribution is 2.44. The van der Waals surface area contributed by atoms with Gasteiger partial charge >= 0.3 is 5.69 Å². The zero-order valence-corrected chi connectivity index (χ0v) is 22.1. The third-order valence-corrected chi connectivity index (χ3v) is 7.96. The molecule has 0 spiro atoms. The van der Waals surface area contributed by atoms with Gasteiger partial charge in [-0.1, -0.05) is 30.3 Å². The molecule has 4 aromatic rings. The maximum Gasteiger partial charge on any atom is 0.335 e. The number of nitro benzene ring substituents is 1. The van der Waals surface area contributed by atoms with Crippen molar-refractivity contribution in [3.63, 3.8) is 0 Å². The van der Waals surface area contributed by atoms with Crippen molar-refractivity contribution in [1.29, 1.82) is 0 Å². The number of anilines is 1. The summed E-state index contributed by atoms with van der Waals surface area (Å²) in [6, 6.07) is 17.0. The van der Waals surface area contributed by atoms with E-state index in [1.807, 2.05) is 4.72 Å². The standard InChI is InChI=1S/C28H26N4O7S/c33-28(20-5-2-1-3-6-20)31-40(36,37)25-10-9-23(30-17-19-12-15-38-16-13-19)26(32(34)35)27(25)39-24-8-4-7-21-18-29-14-11-22(21)24/h1-11,14,18-19,30H,12-13,15-17H2,(H,31,33). The summed E-state index contributed by atoms with van der Waals surface area (Å²) in [6.07, 6.45) is 4.73. The summed E-state index contributed by atoms with van der Waals surface area (Å²) in [5, 5.41) is 16.8. The number of nitrogens with zero attached hydrogens (tertiary/aromatic N) is 2. The van der Waals surface area contributed by atoms with Gasteiger partial charge in [0.2, 0.25) is 5.75 Å². The van der Waals surface area contributed by atoms with Crippen molar-refractivity contribution in [3.05, 3.63) is 94.8 Å². The van der Waals surface area contributed by atoms with Crippen LogP contribution < -0.4 is 14.8 Å². The Morgan fingerprint density at radius 3 is 2.58 bits per heavy atom. The molecule has 0 atom stereocenters. The molecule has 2 N–H and O–H groups in total. The molecule has 0 bridgehead atoms. The summed E-state index contributed by atoms with van der Waals surface area (Å²) in [5.74, 6) is -0.973. The van der Waals surface area contributed by atoms with E-state index in [9.17, 15) is 23.3 Å². The number of carbonyl (C=O) groups is 1. The van der Waals surface area contributed by atoms with E-state index >= 15 is 0 Å². The fourth-order valence-electron chi connectivity index (χ4n) is 4.51. The molecule has 0 saturated carbocycles. The van der Waals surface area contributed by atoms with Crippen LogP contribution in [0.1, 0.15) is 23.2 Å². The molecule has 206 valence electrons. The van der Waals surface area contributed by atoms with E-state index in [0.717, 1.165) is 12.8 Å². The Morgan fingerprint density at radius 1 is 1.05 bits per heavy atom. The van der Waals surface area contributed by atoms with Gasteiger partial charge in [-0.2, -0.15) is 0 Å². The molecule has 0 radical (unpaired) electrons. The van der Waals surface area contributed by atoms with Crippen molar-refractivity contribution in [2.45, 2.75) is 17.7 Å². The summed E-state index contributed by atoms with van der Waals surface area (Å²) in [5.41, 5.74) is -0.353. The van der Waals surface area contributed by atoms with Crippen molar-refractivity contribution in [1.82, 2.24) is 9.71 Å². The quantitative estimate of drug-likeness (QED) is 0.215. The van der Waals surface area contributed by atoms with Crippen molar-refractivity contribution in [2.24, 2.45) is 5.92 Å². The summed E-state index contributed by atoms with van der Waals surface area (Å²) < 4.78 is 40.5. The van der Waals surface area contributed by atoms with E-state index in [-0.39, 0.29) is 22.9 Å². The van der Waals surface area contributed by atoms with E-state index in [1.54, 1.807) is 48.7 Å². The lowest BCUT2D eigenvalue weighted by atomic mass is 10.0. The van der Waals surface area contributed by atoms with Crippen LogP contribution >= 0.6 is 0 Å². The number of fused-ring (bicyclic) bond motifs is 1. The molecule has 3 aromatic carbocycles. The van der Waals surface area contributed by atoms with Gasteiger partial charge in [0, 0.05) is 48.5 Å². The molecule has 1 aromatic heterocycles. The minimum atomic E-state index is -4.61. The fourth-order valence-corrected chi connectivity index (χ4v) is 5.61. The largest absolute Gasteiger partial charge is 0.448 e. The fraction of sp³-hybridized carbons (Fsp3) is 0.214. The first kappa shape index (κ1) is 27.0. The molecule has 1 fully saturated rings. The highest BCUT2D eigenvalue weighted by molar-refractivity contribution is 7.90. The number of hydrogen-bond donors (Lipinski definition) is 2. The molecule has 0 aliphatic carbocycles. The number of nitro groups is 1. The molecule has 1 aliphatic heterocycles. The summed E-state index contributed by atoms with van der Waals surface area (Å²) in [7, 11) is -4.61. The van der Waals surface area contributed by atoms with Crippen LogP contribution in [-0.4, -0.2) is 44.0 Å². The Hall–Kier alpha value is -4.55. The second-order valence-corrected chi connectivity index (χ2v) is 10.9. The molecule has 11 nitrogen and oxygen atoms in total. The maximum absolute atomic E-state index is 13.5. The van der Waals surface area contributed by atoms with E-state index in [1.165, 1.54) is 30.5 Å². The number of hydrogen-bond acceptors (Lipinski definition) is 9. The lowest BCUT2D eigenvalue weighted by molar-refractivity contribution is -0.384. The zero-order valence-electron chi connectivity index (χ0n) is 21.3. The van der Waals surface area contributed by atoms with Crippen LogP contribution in [-0.2, 0) is 14.8 Å². The minimum absolute atomic E-state index is 0.0988. The first-order chi connectivity index (χ1) is 19.3. The molecular formula is C28H26N4O7S. The normalized spacial score (nSPS) is 14.0. The third kappa shape index (κ3) is 5.87. The van der Waals surface area contributed by atoms with Crippen LogP contribution in [0.25, 0.3) is 10.8 Å². The zero-order chi connectivity index (χ0) is 28.1. The number of ether oxygens (including phenoxy) is 2. The van der Waals surface area contributed by atoms with Crippen molar-refractivity contribution in [3.8, 4) is 11.5 Å². The van der Waals surface area contributed by atoms with Crippen LogP contribution in [0.3, 0.4) is 0 Å². The number of benzene rings is 3. The number of amides is 1. The second-order valence-electron chi connectivity index (χ2n) is 9.24. The minimum Gasteiger partial charge on any atom is -0.448 e. The third-order valence-electron chi connectivity index (χ3n) is 6.61. The number of rotatable bonds is 9. The number of pyridine rings is 1. The van der Waals surface area contributed by atoms with Crippen LogP contribution in [0.15, 0.2) is 84.0 Å². The number of nitrogens with one attached hydrogen (secondary N) is 2. The van der Waals surface area contributed by atoms with Crippen LogP contribution in [0, 0.1) is 16.0 Å². The number of carbonyl (C=O) groups excluding carboxylic acids is 1. The summed E-state index contributed by atoms with van der Waals surface area (Å²) >= 11 is 0. The molecule has 1 amide bonds. The molecule has 1 saturated heterocycles. The smallest absolute Gasteiger partial charge is 0.335 e. The van der Waals surface area contributed by atoms with Crippen LogP contribution in [0.4, 0.5) is 11.4 Å². The van der Waals surface area contributed by atoms with Crippen molar-refractivity contribution < 1.29 is 27.6 Å². The Morgan fingerprint density at radius 2 is 1.82 bits per heavy atom. The Kier molecular flexibility index (Phi) is 7.89. The first-order valence-electron chi connectivity index (χ1n) is 12.6. The lowest BCUT2D eigenvalue weighted by Gasteiger charge is -2.23. The average molecular weight is 563 g/mol. The van der Waals surface area contributed by atoms with Gasteiger partial charge in [-0.05, 0) is 55.2 Å². The monoisotopic (exact) mass is 562 g/mol. The Balaban J connectivity index is 1.59. The van der Waals surface area contributed by atoms with Gasteiger partial charge in [0.05, 0.1) is 4.92 Å². The Bertz CT molecular complexity index is 1650. The van der Waals surface area contributed by atoms with Gasteiger partial charge in [0.1, 0.15) is 16.3 Å². The van der Waals surface area contributed by atoms with E-state index in [0.29, 0.717) is 30.5 Å². The average Bonchev–Trinajstić information content (AvgIpc) is 2.96. The van der Waals surface area contributed by atoms with Gasteiger partial charge in [-0.15, -0.1) is 0 Å². The SMILES string of the molecule is O=C(NS(=O)(=O)c1ccc(NCC2CCOCC2)c([N+](=O)[O-])c1Oc1cccc2cnccc12)c1ccccc1. The highest BCUT2D eigenvalue weighted by atomic mass is 32.2. The van der Waals surface area contributed by atoms with Crippen molar-refractivity contribution in [2.75, 3.05) is 25.1 Å². The van der Waals surface area contributed by atoms with Crippen LogP contribution in [0.2, 0.25) is 0 Å². The lowest BCUT2D eigenvalue weighted by Crippen LogP contribution is -2.31. The molecule has 0 unspecified atom stereocenters. The second kappa shape index (κ2) is 11.7. The first-order valence-corrected chi connectivity index (χ1v) is 14.1. The summed E-state index contributed by atoms with van der Waals surface area (Å²) in [4.78, 5) is 28.0. The molecule has 12 heteroatoms. The highest BCUT2D eigenvalue weighted by Gasteiger charge is 2.33. The number of aromatic nitrogens is 1. The van der Waals surface area contributed by atoms with Gasteiger partial charge in [-0.25, -0.2) is 13.1 Å². The van der Waals surface area contributed by atoms with E-state index in [4.69, 9.17) is 9.47 Å². The van der Waals surface area contributed by atoms with E-state index in [2.05, 4.69) is 10.3 Å². The molecule has 40 heavy (non-hydrogen) atoms. The maximum atomic E-state index is 13.5. The van der Waals surface area contributed by atoms with Gasteiger partial charge in [0.15, 0.2) is 0 Å². The summed E-state index contributed by atoms with van der Waals surface area (Å²) in [6.45, 7) is 1.65. The Labute approximate surface area is 230 Å². The molecule has 1 aliphatic rings. The topological polar surface area (TPSA) is 150 Å². The predicted molar refractivity (Wildman–Crippen MR) is 148 cm³/mol. The predicted octanol–water partition coefficient (Wildman–Crippen LogP) is 4.89. The van der Waals surface area contributed by atoms with E-state index < -0.39 is 37.2 Å². The molecule has 2 heterocycles. The van der Waals surface area contributed by atoms with Gasteiger partial charge < -0.3 is 14.8 Å². The molecule has 5 rings (SSSR count). The van der Waals surface area contributed by atoms with Gasteiger partial charge in [-0.3, -0.25) is 19.9 Å². The van der Waals surface area contributed by atoms with Crippen LogP contribution in [0.5, 0.6) is 11.5 Å². The van der Waals surface area contributed by atoms with Gasteiger partial charge in [0.25, 0.3) is 15.9 Å². The number of sulfonamides is 1.